The molecule has 1 saturated carbocycles. The quantitative estimate of drug-likeness (QED) is 0.854. The number of hydrogen-bond acceptors (Lipinski definition) is 4. The van der Waals surface area contributed by atoms with Gasteiger partial charge in [0.2, 0.25) is 0 Å². The van der Waals surface area contributed by atoms with Gasteiger partial charge in [-0.05, 0) is 54.2 Å². The smallest absolute Gasteiger partial charge is 0.174 e. The van der Waals surface area contributed by atoms with Crippen molar-refractivity contribution in [2.45, 2.75) is 71.0 Å². The van der Waals surface area contributed by atoms with Crippen LogP contribution < -0.4 is 4.90 Å². The molecule has 1 aliphatic heterocycles. The van der Waals surface area contributed by atoms with Gasteiger partial charge in [-0.15, -0.1) is 5.10 Å². The minimum Gasteiger partial charge on any atom is -0.358 e. The fourth-order valence-electron chi connectivity index (χ4n) is 4.56. The molecule has 4 rings (SSSR count). The van der Waals surface area contributed by atoms with Crippen molar-refractivity contribution in [3.63, 3.8) is 0 Å². The minimum atomic E-state index is 0.222. The second-order valence-corrected chi connectivity index (χ2v) is 7.70. The Balaban J connectivity index is 1.75. The average molecular weight is 325 g/mol. The number of hydrogen-bond donors (Lipinski definition) is 0. The summed E-state index contributed by atoms with van der Waals surface area (Å²) >= 11 is 0. The van der Waals surface area contributed by atoms with Crippen LogP contribution in [0.15, 0.2) is 24.3 Å². The number of para-hydroxylation sites is 1. The van der Waals surface area contributed by atoms with Crippen LogP contribution in [-0.4, -0.2) is 26.2 Å². The molecule has 2 aromatic rings. The fourth-order valence-corrected chi connectivity index (χ4v) is 4.56. The van der Waals surface area contributed by atoms with E-state index >= 15 is 0 Å². The number of tetrazole rings is 1. The molecule has 0 radical (unpaired) electrons. The molecule has 0 unspecified atom stereocenters. The Morgan fingerprint density at radius 1 is 1.12 bits per heavy atom. The number of nitrogens with zero attached hydrogens (tertiary/aromatic N) is 5. The van der Waals surface area contributed by atoms with Gasteiger partial charge >= 0.3 is 0 Å². The van der Waals surface area contributed by atoms with Crippen molar-refractivity contribution < 1.29 is 0 Å². The van der Waals surface area contributed by atoms with Crippen molar-refractivity contribution >= 4 is 5.69 Å². The molecule has 0 amide bonds. The van der Waals surface area contributed by atoms with E-state index in [1.165, 1.54) is 36.9 Å². The third kappa shape index (κ3) is 2.50. The Labute approximate surface area is 144 Å². The molecule has 0 saturated heterocycles. The zero-order valence-electron chi connectivity index (χ0n) is 14.9. The molecule has 5 nitrogen and oxygen atoms in total. The first-order valence-electron chi connectivity index (χ1n) is 9.31. The van der Waals surface area contributed by atoms with Crippen LogP contribution in [0.2, 0.25) is 0 Å². The molecule has 24 heavy (non-hydrogen) atoms. The number of fused-ring (bicyclic) bond motifs is 1. The van der Waals surface area contributed by atoms with Gasteiger partial charge in [0, 0.05) is 11.7 Å². The van der Waals surface area contributed by atoms with Crippen molar-refractivity contribution in [3.8, 4) is 0 Å². The molecule has 2 atom stereocenters. The topological polar surface area (TPSA) is 46.8 Å². The predicted octanol–water partition coefficient (Wildman–Crippen LogP) is 3.94. The maximum Gasteiger partial charge on any atom is 0.174 e. The SMILES string of the molecule is CC(C)[C@H](c1nnnn1C1CCCC1)N1c2ccccc2C[C@H]1C. The number of rotatable bonds is 4. The second kappa shape index (κ2) is 6.19. The number of benzene rings is 1. The molecule has 0 spiro atoms. The highest BCUT2D eigenvalue weighted by molar-refractivity contribution is 5.60. The van der Waals surface area contributed by atoms with Crippen LogP contribution in [0, 0.1) is 5.92 Å². The van der Waals surface area contributed by atoms with Crippen molar-refractivity contribution in [1.29, 1.82) is 0 Å². The van der Waals surface area contributed by atoms with Gasteiger partial charge in [0.25, 0.3) is 0 Å². The summed E-state index contributed by atoms with van der Waals surface area (Å²) in [6.07, 6.45) is 6.09. The zero-order chi connectivity index (χ0) is 16.7. The lowest BCUT2D eigenvalue weighted by Crippen LogP contribution is -2.38. The Bertz CT molecular complexity index is 701. The standard InChI is InChI=1S/C19H27N5/c1-13(2)18(19-20-21-22-24(19)16-9-5-6-10-16)23-14(3)12-15-8-4-7-11-17(15)23/h4,7-8,11,13-14,16,18H,5-6,9-10,12H2,1-3H3/t14-,18-/m1/s1. The van der Waals surface area contributed by atoms with Crippen molar-refractivity contribution in [3.05, 3.63) is 35.7 Å². The normalized spacial score (nSPS) is 22.3. The summed E-state index contributed by atoms with van der Waals surface area (Å²) in [6, 6.07) is 9.96. The molecule has 2 heterocycles. The molecule has 1 aromatic carbocycles. The fraction of sp³-hybridized carbons (Fsp3) is 0.632. The first kappa shape index (κ1) is 15.6. The zero-order valence-corrected chi connectivity index (χ0v) is 14.9. The summed E-state index contributed by atoms with van der Waals surface area (Å²) in [6.45, 7) is 6.89. The van der Waals surface area contributed by atoms with Gasteiger partial charge in [-0.1, -0.05) is 44.9 Å². The molecule has 5 heteroatoms. The van der Waals surface area contributed by atoms with E-state index in [2.05, 4.69) is 70.1 Å². The Hall–Kier alpha value is -1.91. The van der Waals surface area contributed by atoms with Crippen LogP contribution in [0.5, 0.6) is 0 Å². The van der Waals surface area contributed by atoms with Crippen molar-refractivity contribution in [2.24, 2.45) is 5.92 Å². The van der Waals surface area contributed by atoms with Gasteiger partial charge < -0.3 is 4.90 Å². The summed E-state index contributed by atoms with van der Waals surface area (Å²) < 4.78 is 2.13. The second-order valence-electron chi connectivity index (χ2n) is 7.70. The summed E-state index contributed by atoms with van der Waals surface area (Å²) in [7, 11) is 0. The van der Waals surface area contributed by atoms with E-state index in [0.717, 1.165) is 12.2 Å². The van der Waals surface area contributed by atoms with Gasteiger partial charge in [0.05, 0.1) is 12.1 Å². The summed E-state index contributed by atoms with van der Waals surface area (Å²) in [4.78, 5) is 2.55. The van der Waals surface area contributed by atoms with Crippen LogP contribution in [0.4, 0.5) is 5.69 Å². The van der Waals surface area contributed by atoms with E-state index in [9.17, 15) is 0 Å². The summed E-state index contributed by atoms with van der Waals surface area (Å²) in [5.74, 6) is 1.49. The molecule has 1 aromatic heterocycles. The van der Waals surface area contributed by atoms with Gasteiger partial charge in [-0.3, -0.25) is 0 Å². The predicted molar refractivity (Wildman–Crippen MR) is 95.0 cm³/mol. The average Bonchev–Trinajstić information content (AvgIpc) is 3.28. The lowest BCUT2D eigenvalue weighted by Gasteiger charge is -2.36. The maximum absolute atomic E-state index is 4.49. The first-order valence-corrected chi connectivity index (χ1v) is 9.31. The lowest BCUT2D eigenvalue weighted by atomic mass is 10.00. The van der Waals surface area contributed by atoms with Crippen LogP contribution >= 0.6 is 0 Å². The Kier molecular flexibility index (Phi) is 4.02. The van der Waals surface area contributed by atoms with Crippen molar-refractivity contribution in [1.82, 2.24) is 20.2 Å². The molecular formula is C19H27N5. The Morgan fingerprint density at radius 3 is 2.62 bits per heavy atom. The maximum atomic E-state index is 4.49. The molecule has 0 bridgehead atoms. The van der Waals surface area contributed by atoms with Crippen LogP contribution in [-0.2, 0) is 6.42 Å². The van der Waals surface area contributed by atoms with Gasteiger partial charge in [0.15, 0.2) is 5.82 Å². The van der Waals surface area contributed by atoms with E-state index < -0.39 is 0 Å². The van der Waals surface area contributed by atoms with Crippen LogP contribution in [0.1, 0.15) is 69.9 Å². The lowest BCUT2D eigenvalue weighted by molar-refractivity contribution is 0.371. The van der Waals surface area contributed by atoms with E-state index in [1.807, 2.05) is 0 Å². The molecule has 2 aliphatic rings. The summed E-state index contributed by atoms with van der Waals surface area (Å²) in [5, 5.41) is 12.9. The highest BCUT2D eigenvalue weighted by atomic mass is 15.6. The number of anilines is 1. The van der Waals surface area contributed by atoms with Gasteiger partial charge in [0.1, 0.15) is 0 Å². The van der Waals surface area contributed by atoms with Gasteiger partial charge in [-0.2, -0.15) is 0 Å². The first-order chi connectivity index (χ1) is 11.7. The van der Waals surface area contributed by atoms with Crippen molar-refractivity contribution in [2.75, 3.05) is 4.90 Å². The highest BCUT2D eigenvalue weighted by Crippen LogP contribution is 2.42. The van der Waals surface area contributed by atoms with E-state index in [0.29, 0.717) is 18.0 Å². The van der Waals surface area contributed by atoms with E-state index in [1.54, 1.807) is 0 Å². The molecule has 0 N–H and O–H groups in total. The van der Waals surface area contributed by atoms with Crippen LogP contribution in [0.25, 0.3) is 0 Å². The largest absolute Gasteiger partial charge is 0.358 e. The number of aromatic nitrogens is 4. The van der Waals surface area contributed by atoms with Gasteiger partial charge in [-0.25, -0.2) is 4.68 Å². The monoisotopic (exact) mass is 325 g/mol. The third-order valence-corrected chi connectivity index (χ3v) is 5.64. The molecule has 1 aliphatic carbocycles. The molecule has 1 fully saturated rings. The highest BCUT2D eigenvalue weighted by Gasteiger charge is 2.38. The van der Waals surface area contributed by atoms with E-state index in [4.69, 9.17) is 0 Å². The Morgan fingerprint density at radius 2 is 1.88 bits per heavy atom. The van der Waals surface area contributed by atoms with Crippen LogP contribution in [0.3, 0.4) is 0 Å². The minimum absolute atomic E-state index is 0.222. The van der Waals surface area contributed by atoms with E-state index in [-0.39, 0.29) is 6.04 Å². The summed E-state index contributed by atoms with van der Waals surface area (Å²) in [5.41, 5.74) is 2.79. The molecular weight excluding hydrogens is 298 g/mol. The third-order valence-electron chi connectivity index (χ3n) is 5.64. The molecule has 128 valence electrons.